The third-order valence-electron chi connectivity index (χ3n) is 5.76. The number of benzene rings is 1. The largest absolute Gasteiger partial charge is 0.486 e. The van der Waals surface area contributed by atoms with Crippen molar-refractivity contribution in [3.63, 3.8) is 0 Å². The summed E-state index contributed by atoms with van der Waals surface area (Å²) < 4.78 is 19.3. The fourth-order valence-corrected chi connectivity index (χ4v) is 4.17. The molecule has 5 heterocycles. The van der Waals surface area contributed by atoms with Crippen LogP contribution in [-0.4, -0.2) is 64.0 Å². The molecule has 0 N–H and O–H groups in total. The number of hydrogen-bond acceptors (Lipinski definition) is 8. The lowest BCUT2D eigenvalue weighted by Crippen LogP contribution is -2.37. The zero-order valence-electron chi connectivity index (χ0n) is 17.7. The van der Waals surface area contributed by atoms with Gasteiger partial charge in [0.1, 0.15) is 19.0 Å². The van der Waals surface area contributed by atoms with E-state index in [-0.39, 0.29) is 0 Å². The molecule has 9 nitrogen and oxygen atoms in total. The second-order valence-corrected chi connectivity index (χ2v) is 7.70. The fourth-order valence-electron chi connectivity index (χ4n) is 4.17. The van der Waals surface area contributed by atoms with Gasteiger partial charge < -0.3 is 23.7 Å². The van der Waals surface area contributed by atoms with E-state index in [4.69, 9.17) is 29.2 Å². The van der Waals surface area contributed by atoms with Gasteiger partial charge in [-0.1, -0.05) is 6.07 Å². The van der Waals surface area contributed by atoms with Gasteiger partial charge in [-0.3, -0.25) is 4.98 Å². The monoisotopic (exact) mass is 430 g/mol. The Kier molecular flexibility index (Phi) is 4.61. The molecule has 0 spiro atoms. The second-order valence-electron chi connectivity index (χ2n) is 7.70. The number of pyridine rings is 1. The Balaban J connectivity index is 1.58. The van der Waals surface area contributed by atoms with Gasteiger partial charge in [0.15, 0.2) is 34.3 Å². The number of fused-ring (bicyclic) bond motifs is 2. The Morgan fingerprint density at radius 1 is 0.875 bits per heavy atom. The van der Waals surface area contributed by atoms with Crippen molar-refractivity contribution in [2.45, 2.75) is 0 Å². The van der Waals surface area contributed by atoms with Gasteiger partial charge in [0, 0.05) is 38.1 Å². The van der Waals surface area contributed by atoms with E-state index in [2.05, 4.69) is 9.88 Å². The van der Waals surface area contributed by atoms with Gasteiger partial charge in [0.25, 0.3) is 0 Å². The van der Waals surface area contributed by atoms with E-state index in [1.807, 2.05) is 41.9 Å². The number of rotatable bonds is 3. The van der Waals surface area contributed by atoms with Crippen molar-refractivity contribution in [1.82, 2.24) is 24.5 Å². The quantitative estimate of drug-likeness (QED) is 0.490. The Labute approximate surface area is 184 Å². The number of nitrogens with zero attached hydrogens (tertiary/aromatic N) is 6. The van der Waals surface area contributed by atoms with Gasteiger partial charge in [0.2, 0.25) is 0 Å². The first-order valence-corrected chi connectivity index (χ1v) is 10.7. The summed E-state index contributed by atoms with van der Waals surface area (Å²) in [5.41, 5.74) is 3.32. The van der Waals surface area contributed by atoms with Gasteiger partial charge in [-0.05, 0) is 24.3 Å². The van der Waals surface area contributed by atoms with Crippen LogP contribution in [0.2, 0.25) is 0 Å². The summed E-state index contributed by atoms with van der Waals surface area (Å²) in [5.74, 6) is 3.61. The van der Waals surface area contributed by atoms with Gasteiger partial charge in [-0.2, -0.15) is 0 Å². The highest BCUT2D eigenvalue weighted by atomic mass is 16.6. The Hall–Kier alpha value is -3.72. The summed E-state index contributed by atoms with van der Waals surface area (Å²) in [6, 6.07) is 9.71. The highest BCUT2D eigenvalue weighted by molar-refractivity contribution is 5.89. The maximum Gasteiger partial charge on any atom is 0.172 e. The lowest BCUT2D eigenvalue weighted by Gasteiger charge is -2.28. The Bertz CT molecular complexity index is 1280. The van der Waals surface area contributed by atoms with Gasteiger partial charge >= 0.3 is 0 Å². The van der Waals surface area contributed by atoms with Crippen LogP contribution in [0.4, 0.5) is 5.82 Å². The molecule has 1 fully saturated rings. The van der Waals surface area contributed by atoms with Crippen LogP contribution in [0.15, 0.2) is 42.7 Å². The standard InChI is InChI=1S/C23H22N6O3/c1-28-21(15-5-7-24-8-6-15)25-18-22(28)26-20(27-23(18)29-9-11-30-12-10-29)16-3-2-4-17-19(16)32-14-13-31-17/h2-8H,9-14H2,1H3. The molecule has 4 aromatic rings. The minimum absolute atomic E-state index is 0.500. The molecule has 0 saturated carbocycles. The van der Waals surface area contributed by atoms with Crippen molar-refractivity contribution in [2.75, 3.05) is 44.4 Å². The SMILES string of the molecule is Cn1c(-c2ccncc2)nc2c(N3CCOCC3)nc(-c3cccc4c3OCCO4)nc21. The molecule has 0 unspecified atom stereocenters. The normalized spacial score (nSPS) is 15.8. The minimum atomic E-state index is 0.500. The molecule has 32 heavy (non-hydrogen) atoms. The third-order valence-corrected chi connectivity index (χ3v) is 5.76. The topological polar surface area (TPSA) is 87.4 Å². The highest BCUT2D eigenvalue weighted by Gasteiger charge is 2.25. The van der Waals surface area contributed by atoms with E-state index < -0.39 is 0 Å². The Morgan fingerprint density at radius 3 is 2.53 bits per heavy atom. The van der Waals surface area contributed by atoms with Crippen LogP contribution >= 0.6 is 0 Å². The second kappa shape index (κ2) is 7.76. The molecule has 0 bridgehead atoms. The van der Waals surface area contributed by atoms with Gasteiger partial charge in [-0.15, -0.1) is 0 Å². The molecule has 1 saturated heterocycles. The predicted octanol–water partition coefficient (Wildman–Crippen LogP) is 2.70. The van der Waals surface area contributed by atoms with Crippen LogP contribution in [0.3, 0.4) is 0 Å². The van der Waals surface area contributed by atoms with Crippen molar-refractivity contribution >= 4 is 17.0 Å². The number of morpholine rings is 1. The number of aromatic nitrogens is 5. The number of para-hydroxylation sites is 1. The summed E-state index contributed by atoms with van der Waals surface area (Å²) in [5, 5.41) is 0. The molecular formula is C23H22N6O3. The van der Waals surface area contributed by atoms with Crippen LogP contribution in [0.5, 0.6) is 11.5 Å². The van der Waals surface area contributed by atoms with E-state index in [0.29, 0.717) is 43.8 Å². The number of ether oxygens (including phenoxy) is 3. The van der Waals surface area contributed by atoms with E-state index in [0.717, 1.165) is 47.0 Å². The molecule has 9 heteroatoms. The maximum atomic E-state index is 5.94. The molecule has 6 rings (SSSR count). The number of aryl methyl sites for hydroxylation is 1. The summed E-state index contributed by atoms with van der Waals surface area (Å²) in [6.07, 6.45) is 3.53. The fraction of sp³-hybridized carbons (Fsp3) is 0.304. The average molecular weight is 430 g/mol. The van der Waals surface area contributed by atoms with Crippen molar-refractivity contribution in [3.05, 3.63) is 42.7 Å². The average Bonchev–Trinajstić information content (AvgIpc) is 3.20. The predicted molar refractivity (Wildman–Crippen MR) is 119 cm³/mol. The first-order valence-electron chi connectivity index (χ1n) is 10.7. The number of imidazole rings is 1. The van der Waals surface area contributed by atoms with Crippen LogP contribution in [0.1, 0.15) is 0 Å². The zero-order valence-corrected chi connectivity index (χ0v) is 17.7. The van der Waals surface area contributed by atoms with Crippen LogP contribution in [-0.2, 0) is 11.8 Å². The van der Waals surface area contributed by atoms with E-state index in [1.165, 1.54) is 0 Å². The van der Waals surface area contributed by atoms with Crippen molar-refractivity contribution in [1.29, 1.82) is 0 Å². The van der Waals surface area contributed by atoms with E-state index >= 15 is 0 Å². The molecule has 2 aliphatic rings. The first-order chi connectivity index (χ1) is 15.8. The number of hydrogen-bond donors (Lipinski definition) is 0. The molecule has 162 valence electrons. The van der Waals surface area contributed by atoms with Gasteiger partial charge in [-0.25, -0.2) is 15.0 Å². The van der Waals surface area contributed by atoms with Gasteiger partial charge in [0.05, 0.1) is 18.8 Å². The van der Waals surface area contributed by atoms with E-state index in [1.54, 1.807) is 12.4 Å². The lowest BCUT2D eigenvalue weighted by atomic mass is 10.1. The zero-order chi connectivity index (χ0) is 21.5. The highest BCUT2D eigenvalue weighted by Crippen LogP contribution is 2.40. The molecule has 1 aromatic carbocycles. The molecular weight excluding hydrogens is 408 g/mol. The summed E-state index contributed by atoms with van der Waals surface area (Å²) in [7, 11) is 1.98. The number of anilines is 1. The van der Waals surface area contributed by atoms with E-state index in [9.17, 15) is 0 Å². The van der Waals surface area contributed by atoms with Crippen LogP contribution < -0.4 is 14.4 Å². The van der Waals surface area contributed by atoms with Crippen molar-refractivity contribution in [2.24, 2.45) is 7.05 Å². The lowest BCUT2D eigenvalue weighted by molar-refractivity contribution is 0.122. The molecule has 0 amide bonds. The smallest absolute Gasteiger partial charge is 0.172 e. The first kappa shape index (κ1) is 19.0. The maximum absolute atomic E-state index is 5.94. The summed E-state index contributed by atoms with van der Waals surface area (Å²) in [4.78, 5) is 21.2. The van der Waals surface area contributed by atoms with Crippen molar-refractivity contribution in [3.8, 4) is 34.3 Å². The molecule has 0 atom stereocenters. The third kappa shape index (κ3) is 3.13. The molecule has 0 radical (unpaired) electrons. The summed E-state index contributed by atoms with van der Waals surface area (Å²) >= 11 is 0. The molecule has 2 aliphatic heterocycles. The Morgan fingerprint density at radius 2 is 1.69 bits per heavy atom. The van der Waals surface area contributed by atoms with Crippen LogP contribution in [0.25, 0.3) is 33.9 Å². The van der Waals surface area contributed by atoms with Crippen molar-refractivity contribution < 1.29 is 14.2 Å². The van der Waals surface area contributed by atoms with Crippen LogP contribution in [0, 0.1) is 0 Å². The minimum Gasteiger partial charge on any atom is -0.486 e. The summed E-state index contributed by atoms with van der Waals surface area (Å²) in [6.45, 7) is 3.84. The molecule has 0 aliphatic carbocycles. The molecule has 3 aromatic heterocycles.